The Hall–Kier alpha value is -0.930. The van der Waals surface area contributed by atoms with Crippen LogP contribution in [0, 0.1) is 0 Å². The highest BCUT2D eigenvalue weighted by molar-refractivity contribution is 5.85. The topological polar surface area (TPSA) is 43.7 Å². The lowest BCUT2D eigenvalue weighted by molar-refractivity contribution is 0.220. The van der Waals surface area contributed by atoms with E-state index in [0.29, 0.717) is 0 Å². The molecule has 1 aliphatic heterocycles. The molecule has 31 heavy (non-hydrogen) atoms. The lowest BCUT2D eigenvalue weighted by Gasteiger charge is -2.26. The highest BCUT2D eigenvalue weighted by Crippen LogP contribution is 2.32. The second-order valence-corrected chi connectivity index (χ2v) is 9.45. The Balaban J connectivity index is 0.00000480. The van der Waals surface area contributed by atoms with Gasteiger partial charge >= 0.3 is 0 Å². The molecule has 0 saturated carbocycles. The second kappa shape index (κ2) is 17.6. The number of unbranched alkanes of at least 4 members (excludes halogenated alkanes) is 12. The van der Waals surface area contributed by atoms with Gasteiger partial charge in [-0.25, -0.2) is 0 Å². The fourth-order valence-corrected chi connectivity index (χ4v) is 4.73. The first-order chi connectivity index (χ1) is 14.7. The summed E-state index contributed by atoms with van der Waals surface area (Å²) in [6.07, 6.45) is 22.3. The van der Waals surface area contributed by atoms with Crippen molar-refractivity contribution in [1.29, 1.82) is 0 Å². The van der Waals surface area contributed by atoms with E-state index in [1.54, 1.807) is 6.07 Å². The molecule has 1 aromatic carbocycles. The standard InChI is InChI=1S/C27H47NO2.ClH/c1-2-3-4-5-6-7-8-9-10-11-12-13-15-18-25-21-24(22-26(29)27(25)30)23-28-19-16-14-17-20-28;/h21-22,29-30H,2-20,23H2,1H3;1H. The number of rotatable bonds is 16. The van der Waals surface area contributed by atoms with Gasteiger partial charge in [-0.1, -0.05) is 96.5 Å². The van der Waals surface area contributed by atoms with Crippen molar-refractivity contribution in [1.82, 2.24) is 4.90 Å². The number of halogens is 1. The summed E-state index contributed by atoms with van der Waals surface area (Å²) in [5.41, 5.74) is 2.06. The van der Waals surface area contributed by atoms with Crippen molar-refractivity contribution in [2.24, 2.45) is 0 Å². The van der Waals surface area contributed by atoms with Crippen LogP contribution in [0.15, 0.2) is 12.1 Å². The lowest BCUT2D eigenvalue weighted by Crippen LogP contribution is -2.29. The van der Waals surface area contributed by atoms with Gasteiger partial charge in [0.25, 0.3) is 0 Å². The molecule has 1 aliphatic rings. The van der Waals surface area contributed by atoms with Crippen molar-refractivity contribution >= 4 is 12.4 Å². The SMILES string of the molecule is CCCCCCCCCCCCCCCc1cc(CN2CCCCC2)cc(O)c1O.Cl. The smallest absolute Gasteiger partial charge is 0.160 e. The van der Waals surface area contributed by atoms with Crippen molar-refractivity contribution < 1.29 is 10.2 Å². The number of aromatic hydroxyl groups is 2. The van der Waals surface area contributed by atoms with E-state index >= 15 is 0 Å². The van der Waals surface area contributed by atoms with E-state index in [1.165, 1.54) is 96.3 Å². The van der Waals surface area contributed by atoms with Gasteiger partial charge in [0.1, 0.15) is 0 Å². The molecule has 1 saturated heterocycles. The molecule has 0 bridgehead atoms. The zero-order chi connectivity index (χ0) is 21.4. The molecule has 0 aromatic heterocycles. The fraction of sp³-hybridized carbons (Fsp3) is 0.778. The van der Waals surface area contributed by atoms with E-state index in [1.807, 2.05) is 0 Å². The highest BCUT2D eigenvalue weighted by Gasteiger charge is 2.14. The Kier molecular flexibility index (Phi) is 16.0. The Labute approximate surface area is 198 Å². The average molecular weight is 454 g/mol. The first-order valence-corrected chi connectivity index (χ1v) is 13.0. The van der Waals surface area contributed by atoms with Crippen molar-refractivity contribution in [3.63, 3.8) is 0 Å². The largest absolute Gasteiger partial charge is 0.504 e. The Morgan fingerprint density at radius 2 is 1.23 bits per heavy atom. The van der Waals surface area contributed by atoms with Crippen LogP contribution in [0.1, 0.15) is 121 Å². The molecule has 0 atom stereocenters. The third kappa shape index (κ3) is 12.0. The summed E-state index contributed by atoms with van der Waals surface area (Å²) in [6, 6.07) is 3.86. The quantitative estimate of drug-likeness (QED) is 0.196. The minimum Gasteiger partial charge on any atom is -0.504 e. The normalized spacial score (nSPS) is 14.5. The minimum absolute atomic E-state index is 0. The molecule has 0 aliphatic carbocycles. The van der Waals surface area contributed by atoms with Gasteiger partial charge in [0.15, 0.2) is 11.5 Å². The first-order valence-electron chi connectivity index (χ1n) is 13.0. The van der Waals surface area contributed by atoms with Crippen LogP contribution in [0.5, 0.6) is 11.5 Å². The van der Waals surface area contributed by atoms with Crippen LogP contribution in [-0.2, 0) is 13.0 Å². The van der Waals surface area contributed by atoms with Gasteiger partial charge in [-0.2, -0.15) is 0 Å². The van der Waals surface area contributed by atoms with Crippen molar-refractivity contribution in [2.75, 3.05) is 13.1 Å². The van der Waals surface area contributed by atoms with Gasteiger partial charge in [0.2, 0.25) is 0 Å². The van der Waals surface area contributed by atoms with Crippen LogP contribution in [0.2, 0.25) is 0 Å². The van der Waals surface area contributed by atoms with Gasteiger partial charge in [-0.15, -0.1) is 12.4 Å². The van der Waals surface area contributed by atoms with Crippen molar-refractivity contribution in [3.8, 4) is 11.5 Å². The molecule has 4 heteroatoms. The summed E-state index contributed by atoms with van der Waals surface area (Å²) in [4.78, 5) is 2.46. The molecule has 180 valence electrons. The van der Waals surface area contributed by atoms with E-state index in [2.05, 4.69) is 17.9 Å². The Morgan fingerprint density at radius 3 is 1.77 bits per heavy atom. The van der Waals surface area contributed by atoms with Crippen molar-refractivity contribution in [3.05, 3.63) is 23.3 Å². The number of phenols is 2. The third-order valence-electron chi connectivity index (χ3n) is 6.63. The summed E-state index contributed by atoms with van der Waals surface area (Å²) in [7, 11) is 0. The highest BCUT2D eigenvalue weighted by atomic mass is 35.5. The Bertz CT molecular complexity index is 573. The molecule has 0 unspecified atom stereocenters. The first kappa shape index (κ1) is 28.1. The molecule has 2 rings (SSSR count). The van der Waals surface area contributed by atoms with Gasteiger partial charge in [0, 0.05) is 6.54 Å². The predicted octanol–water partition coefficient (Wildman–Crippen LogP) is 8.14. The second-order valence-electron chi connectivity index (χ2n) is 9.45. The van der Waals surface area contributed by atoms with Gasteiger partial charge in [-0.3, -0.25) is 4.90 Å². The summed E-state index contributed by atoms with van der Waals surface area (Å²) < 4.78 is 0. The molecule has 0 radical (unpaired) electrons. The van der Waals surface area contributed by atoms with Crippen LogP contribution in [0.3, 0.4) is 0 Å². The van der Waals surface area contributed by atoms with Gasteiger partial charge in [0.05, 0.1) is 0 Å². The average Bonchev–Trinajstić information content (AvgIpc) is 2.75. The van der Waals surface area contributed by atoms with Gasteiger partial charge < -0.3 is 10.2 Å². The summed E-state index contributed by atoms with van der Waals surface area (Å²) in [5.74, 6) is 0.144. The summed E-state index contributed by atoms with van der Waals surface area (Å²) in [5, 5.41) is 20.4. The van der Waals surface area contributed by atoms with E-state index in [4.69, 9.17) is 0 Å². The fourth-order valence-electron chi connectivity index (χ4n) is 4.73. The van der Waals surface area contributed by atoms with E-state index in [9.17, 15) is 10.2 Å². The maximum atomic E-state index is 10.3. The number of likely N-dealkylation sites (tertiary alicyclic amines) is 1. The summed E-state index contributed by atoms with van der Waals surface area (Å²) in [6.45, 7) is 5.46. The number of aryl methyl sites for hydroxylation is 1. The van der Waals surface area contributed by atoms with Crippen LogP contribution in [0.25, 0.3) is 0 Å². The van der Waals surface area contributed by atoms with E-state index in [-0.39, 0.29) is 23.9 Å². The van der Waals surface area contributed by atoms with E-state index < -0.39 is 0 Å². The molecule has 1 heterocycles. The van der Waals surface area contributed by atoms with Crippen LogP contribution >= 0.6 is 12.4 Å². The molecular weight excluding hydrogens is 406 g/mol. The molecule has 0 amide bonds. The number of benzene rings is 1. The maximum Gasteiger partial charge on any atom is 0.160 e. The molecular formula is C27H48ClNO2. The zero-order valence-corrected chi connectivity index (χ0v) is 20.9. The van der Waals surface area contributed by atoms with Gasteiger partial charge in [-0.05, 0) is 56.0 Å². The molecule has 2 N–H and O–H groups in total. The molecule has 1 fully saturated rings. The van der Waals surface area contributed by atoms with Crippen LogP contribution in [0.4, 0.5) is 0 Å². The maximum absolute atomic E-state index is 10.3. The number of hydrogen-bond acceptors (Lipinski definition) is 3. The number of phenolic OH excluding ortho intramolecular Hbond substituents is 2. The molecule has 3 nitrogen and oxygen atoms in total. The van der Waals surface area contributed by atoms with Crippen molar-refractivity contribution in [2.45, 2.75) is 123 Å². The monoisotopic (exact) mass is 453 g/mol. The van der Waals surface area contributed by atoms with Crippen LogP contribution in [-0.4, -0.2) is 28.2 Å². The lowest BCUT2D eigenvalue weighted by atomic mass is 10.0. The molecule has 1 aromatic rings. The number of piperidine rings is 1. The number of nitrogens with zero attached hydrogens (tertiary/aromatic N) is 1. The minimum atomic E-state index is 0. The van der Waals surface area contributed by atoms with Crippen LogP contribution < -0.4 is 0 Å². The number of hydrogen-bond donors (Lipinski definition) is 2. The summed E-state index contributed by atoms with van der Waals surface area (Å²) >= 11 is 0. The Morgan fingerprint density at radius 1 is 0.710 bits per heavy atom. The zero-order valence-electron chi connectivity index (χ0n) is 20.0. The molecule has 0 spiro atoms. The van der Waals surface area contributed by atoms with E-state index in [0.717, 1.165) is 43.6 Å². The predicted molar refractivity (Wildman–Crippen MR) is 136 cm³/mol. The third-order valence-corrected chi connectivity index (χ3v) is 6.63.